The van der Waals surface area contributed by atoms with Crippen molar-refractivity contribution in [2.24, 2.45) is 0 Å². The average Bonchev–Trinajstić information content (AvgIpc) is 2.89. The minimum atomic E-state index is 0.0432. The Morgan fingerprint density at radius 3 is 2.46 bits per heavy atom. The van der Waals surface area contributed by atoms with Gasteiger partial charge >= 0.3 is 0 Å². The Morgan fingerprint density at radius 1 is 0.971 bits per heavy atom. The normalized spacial score (nSPS) is 13.8. The molecule has 1 saturated heterocycles. The number of ether oxygens (including phenoxy) is 1. The highest BCUT2D eigenvalue weighted by Gasteiger charge is 2.25. The zero-order valence-electron chi connectivity index (χ0n) is 20.0. The predicted octanol–water partition coefficient (Wildman–Crippen LogP) is 6.33. The number of nitrogens with zero attached hydrogens (tertiary/aromatic N) is 3. The van der Waals surface area contributed by atoms with Crippen LogP contribution in [0.2, 0.25) is 0 Å². The van der Waals surface area contributed by atoms with Gasteiger partial charge in [0.2, 0.25) is 0 Å². The summed E-state index contributed by atoms with van der Waals surface area (Å²) in [5, 5.41) is 0.865. The van der Waals surface area contributed by atoms with Gasteiger partial charge in [0.05, 0.1) is 29.1 Å². The Hall–Kier alpha value is -3.38. The molecule has 4 aromatic rings. The largest absolute Gasteiger partial charge is 0.492 e. The predicted molar refractivity (Wildman–Crippen MR) is 145 cm³/mol. The number of rotatable bonds is 5. The van der Waals surface area contributed by atoms with Gasteiger partial charge in [-0.3, -0.25) is 4.79 Å². The highest BCUT2D eigenvalue weighted by atomic mass is 79.9. The number of carbonyl (C=O) groups is 1. The molecule has 1 amide bonds. The molecule has 0 unspecified atom stereocenters. The van der Waals surface area contributed by atoms with Crippen LogP contribution in [0.5, 0.6) is 5.75 Å². The molecule has 5 nitrogen and oxygen atoms in total. The van der Waals surface area contributed by atoms with E-state index in [1.807, 2.05) is 54.3 Å². The van der Waals surface area contributed by atoms with Crippen LogP contribution in [0.25, 0.3) is 22.2 Å². The molecule has 5 rings (SSSR count). The minimum Gasteiger partial charge on any atom is -0.492 e. The van der Waals surface area contributed by atoms with E-state index in [0.29, 0.717) is 25.3 Å². The quantitative estimate of drug-likeness (QED) is 0.303. The number of aryl methyl sites for hydroxylation is 1. The van der Waals surface area contributed by atoms with Crippen LogP contribution in [0.15, 0.2) is 77.3 Å². The number of hydrogen-bond donors (Lipinski definition) is 0. The lowest BCUT2D eigenvalue weighted by Crippen LogP contribution is -2.49. The first-order chi connectivity index (χ1) is 17.0. The minimum absolute atomic E-state index is 0.0432. The van der Waals surface area contributed by atoms with Crippen LogP contribution in [0.1, 0.15) is 22.8 Å². The maximum Gasteiger partial charge on any atom is 0.254 e. The van der Waals surface area contributed by atoms with E-state index in [1.165, 1.54) is 5.56 Å². The van der Waals surface area contributed by atoms with Crippen LogP contribution in [0.3, 0.4) is 0 Å². The summed E-state index contributed by atoms with van der Waals surface area (Å²) in [6.45, 7) is 7.50. The number of pyridine rings is 1. The van der Waals surface area contributed by atoms with E-state index >= 15 is 0 Å². The molecule has 1 aliphatic rings. The summed E-state index contributed by atoms with van der Waals surface area (Å²) in [5.41, 5.74) is 5.60. The molecule has 0 aliphatic carbocycles. The molecule has 178 valence electrons. The molecule has 0 spiro atoms. The van der Waals surface area contributed by atoms with Gasteiger partial charge in [0.25, 0.3) is 5.91 Å². The lowest BCUT2D eigenvalue weighted by molar-refractivity contribution is 0.0748. The first-order valence-corrected chi connectivity index (χ1v) is 12.8. The van der Waals surface area contributed by atoms with Crippen LogP contribution in [-0.4, -0.2) is 48.6 Å². The third-order valence-electron chi connectivity index (χ3n) is 6.42. The Kier molecular flexibility index (Phi) is 6.73. The fraction of sp³-hybridized carbons (Fsp3) is 0.241. The third kappa shape index (κ3) is 4.89. The zero-order valence-corrected chi connectivity index (χ0v) is 21.6. The number of hydrogen-bond acceptors (Lipinski definition) is 4. The molecular formula is C29H28BrN3O2. The molecule has 0 N–H and O–H groups in total. The molecular weight excluding hydrogens is 502 g/mol. The molecule has 1 aliphatic heterocycles. The van der Waals surface area contributed by atoms with E-state index in [2.05, 4.69) is 58.1 Å². The zero-order chi connectivity index (χ0) is 24.4. The monoisotopic (exact) mass is 529 g/mol. The molecule has 35 heavy (non-hydrogen) atoms. The van der Waals surface area contributed by atoms with Crippen LogP contribution >= 0.6 is 15.9 Å². The molecule has 6 heteroatoms. The summed E-state index contributed by atoms with van der Waals surface area (Å²) >= 11 is 3.57. The maximum atomic E-state index is 13.8. The number of carbonyl (C=O) groups excluding carboxylic acids is 1. The van der Waals surface area contributed by atoms with Gasteiger partial charge in [-0.25, -0.2) is 4.98 Å². The lowest BCUT2D eigenvalue weighted by atomic mass is 10.0. The fourth-order valence-electron chi connectivity index (χ4n) is 4.56. The molecule has 2 heterocycles. The summed E-state index contributed by atoms with van der Waals surface area (Å²) in [4.78, 5) is 22.9. The van der Waals surface area contributed by atoms with E-state index in [0.717, 1.165) is 51.2 Å². The van der Waals surface area contributed by atoms with Crippen molar-refractivity contribution in [3.8, 4) is 17.0 Å². The van der Waals surface area contributed by atoms with E-state index in [1.54, 1.807) is 0 Å². The second-order valence-corrected chi connectivity index (χ2v) is 9.68. The first-order valence-electron chi connectivity index (χ1n) is 12.0. The summed E-state index contributed by atoms with van der Waals surface area (Å²) in [7, 11) is 0. The number of piperazine rings is 1. The van der Waals surface area contributed by atoms with Gasteiger partial charge in [0, 0.05) is 41.6 Å². The van der Waals surface area contributed by atoms with Crippen LogP contribution < -0.4 is 9.64 Å². The van der Waals surface area contributed by atoms with Crippen molar-refractivity contribution in [3.63, 3.8) is 0 Å². The van der Waals surface area contributed by atoms with Crippen LogP contribution in [0.4, 0.5) is 5.69 Å². The number of amides is 1. The van der Waals surface area contributed by atoms with Gasteiger partial charge < -0.3 is 14.5 Å². The van der Waals surface area contributed by atoms with E-state index in [-0.39, 0.29) is 5.91 Å². The number of para-hydroxylation sites is 2. The third-order valence-corrected chi connectivity index (χ3v) is 6.91. The van der Waals surface area contributed by atoms with Gasteiger partial charge in [-0.05, 0) is 50.2 Å². The molecule has 0 saturated carbocycles. The van der Waals surface area contributed by atoms with Gasteiger partial charge in [0.1, 0.15) is 5.75 Å². The summed E-state index contributed by atoms with van der Waals surface area (Å²) < 4.78 is 6.75. The average molecular weight is 530 g/mol. The van der Waals surface area contributed by atoms with Crippen LogP contribution in [-0.2, 0) is 0 Å². The molecule has 3 aromatic carbocycles. The maximum absolute atomic E-state index is 13.8. The van der Waals surface area contributed by atoms with Crippen molar-refractivity contribution >= 4 is 38.4 Å². The standard InChI is InChI=1S/C29H28BrN3O2/c1-3-35-28-7-5-4-6-27(28)32-14-16-33(17-15-32)29(34)24-19-26(21-10-8-20(2)9-11-21)31-25-13-12-22(30)18-23(24)25/h4-13,18-19H,3,14-17H2,1-2H3. The van der Waals surface area contributed by atoms with Crippen molar-refractivity contribution in [1.29, 1.82) is 0 Å². The summed E-state index contributed by atoms with van der Waals surface area (Å²) in [6, 6.07) is 24.3. The van der Waals surface area contributed by atoms with Crippen molar-refractivity contribution in [3.05, 3.63) is 88.4 Å². The Labute approximate surface area is 214 Å². The smallest absolute Gasteiger partial charge is 0.254 e. The molecule has 0 radical (unpaired) electrons. The van der Waals surface area contributed by atoms with Gasteiger partial charge in [-0.1, -0.05) is 57.9 Å². The highest BCUT2D eigenvalue weighted by molar-refractivity contribution is 9.10. The second kappa shape index (κ2) is 10.1. The number of aromatic nitrogens is 1. The second-order valence-electron chi connectivity index (χ2n) is 8.76. The van der Waals surface area contributed by atoms with Crippen molar-refractivity contribution < 1.29 is 9.53 Å². The topological polar surface area (TPSA) is 45.7 Å². The lowest BCUT2D eigenvalue weighted by Gasteiger charge is -2.37. The first kappa shape index (κ1) is 23.4. The van der Waals surface area contributed by atoms with Gasteiger partial charge in [0.15, 0.2) is 0 Å². The Balaban J connectivity index is 1.44. The van der Waals surface area contributed by atoms with E-state index < -0.39 is 0 Å². The van der Waals surface area contributed by atoms with Gasteiger partial charge in [-0.15, -0.1) is 0 Å². The summed E-state index contributed by atoms with van der Waals surface area (Å²) in [5.74, 6) is 0.934. The SMILES string of the molecule is CCOc1ccccc1N1CCN(C(=O)c2cc(-c3ccc(C)cc3)nc3ccc(Br)cc23)CC1. The molecule has 1 aromatic heterocycles. The fourth-order valence-corrected chi connectivity index (χ4v) is 4.92. The molecule has 0 atom stereocenters. The number of anilines is 1. The Morgan fingerprint density at radius 2 is 1.71 bits per heavy atom. The van der Waals surface area contributed by atoms with Gasteiger partial charge in [-0.2, -0.15) is 0 Å². The van der Waals surface area contributed by atoms with Crippen molar-refractivity contribution in [2.75, 3.05) is 37.7 Å². The summed E-state index contributed by atoms with van der Waals surface area (Å²) in [6.07, 6.45) is 0. The molecule has 1 fully saturated rings. The highest BCUT2D eigenvalue weighted by Crippen LogP contribution is 2.31. The van der Waals surface area contributed by atoms with E-state index in [9.17, 15) is 4.79 Å². The number of fused-ring (bicyclic) bond motifs is 1. The number of benzene rings is 3. The molecule has 0 bridgehead atoms. The van der Waals surface area contributed by atoms with Crippen molar-refractivity contribution in [1.82, 2.24) is 9.88 Å². The van der Waals surface area contributed by atoms with E-state index in [4.69, 9.17) is 9.72 Å². The number of halogens is 1. The van der Waals surface area contributed by atoms with Crippen molar-refractivity contribution in [2.45, 2.75) is 13.8 Å². The van der Waals surface area contributed by atoms with Crippen LogP contribution in [0, 0.1) is 6.92 Å². The Bertz CT molecular complexity index is 1360.